The topological polar surface area (TPSA) is 0 Å². The average molecular weight is 382 g/mol. The molecule has 0 N–H and O–H groups in total. The summed E-state index contributed by atoms with van der Waals surface area (Å²) in [6.45, 7) is 18.1. The first-order valence-corrected chi connectivity index (χ1v) is 10.8. The first kappa shape index (κ1) is 20.0. The van der Waals surface area contributed by atoms with Gasteiger partial charge < -0.3 is 0 Å². The minimum Gasteiger partial charge on any atom is -0.0686 e. The van der Waals surface area contributed by atoms with E-state index in [1.807, 2.05) is 0 Å². The molecule has 29 heavy (non-hydrogen) atoms. The van der Waals surface area contributed by atoms with Crippen molar-refractivity contribution in [2.75, 3.05) is 0 Å². The number of rotatable bonds is 1. The van der Waals surface area contributed by atoms with Crippen molar-refractivity contribution in [3.05, 3.63) is 93.6 Å². The molecule has 0 saturated heterocycles. The first-order valence-electron chi connectivity index (χ1n) is 10.8. The van der Waals surface area contributed by atoms with Crippen molar-refractivity contribution >= 4 is 0 Å². The van der Waals surface area contributed by atoms with Crippen LogP contribution in [0, 0.1) is 6.08 Å². The third-order valence-electron chi connectivity index (χ3n) is 6.31. The van der Waals surface area contributed by atoms with Crippen molar-refractivity contribution < 1.29 is 0 Å². The van der Waals surface area contributed by atoms with Crippen LogP contribution in [0.2, 0.25) is 0 Å². The van der Waals surface area contributed by atoms with Crippen molar-refractivity contribution in [1.29, 1.82) is 0 Å². The smallest absolute Gasteiger partial charge is 0.0358 e. The molecule has 0 bridgehead atoms. The van der Waals surface area contributed by atoms with Crippen LogP contribution in [-0.2, 0) is 10.8 Å². The van der Waals surface area contributed by atoms with Gasteiger partial charge in [0, 0.05) is 5.92 Å². The SMILES string of the molecule is CC(C)=C1[C]=C(C2c3cc(C(C)(C)C)ccc3-c3ccc(C(C)(C)C)cc32)C=C1. The molecule has 0 heterocycles. The zero-order chi connectivity index (χ0) is 21.1. The fraction of sp³-hybridized carbons (Fsp3) is 0.379. The lowest BCUT2D eigenvalue weighted by Crippen LogP contribution is -2.12. The predicted octanol–water partition coefficient (Wildman–Crippen LogP) is 8.03. The van der Waals surface area contributed by atoms with Gasteiger partial charge in [-0.1, -0.05) is 95.7 Å². The zero-order valence-corrected chi connectivity index (χ0v) is 19.2. The van der Waals surface area contributed by atoms with Gasteiger partial charge >= 0.3 is 0 Å². The molecule has 2 aromatic carbocycles. The predicted molar refractivity (Wildman–Crippen MR) is 125 cm³/mol. The summed E-state index contributed by atoms with van der Waals surface area (Å²) in [5.41, 5.74) is 12.5. The zero-order valence-electron chi connectivity index (χ0n) is 19.2. The molecule has 0 fully saturated rings. The van der Waals surface area contributed by atoms with Crippen LogP contribution in [0.15, 0.2) is 65.3 Å². The van der Waals surface area contributed by atoms with Crippen molar-refractivity contribution in [2.45, 2.75) is 72.1 Å². The summed E-state index contributed by atoms with van der Waals surface area (Å²) in [4.78, 5) is 0. The molecule has 0 aromatic heterocycles. The molecular formula is C29H33. The molecular weight excluding hydrogens is 348 g/mol. The van der Waals surface area contributed by atoms with Gasteiger partial charge in [-0.2, -0.15) is 0 Å². The molecule has 0 unspecified atom stereocenters. The Balaban J connectivity index is 1.96. The normalized spacial score (nSPS) is 16.1. The van der Waals surface area contributed by atoms with E-state index in [9.17, 15) is 0 Å². The van der Waals surface area contributed by atoms with Gasteiger partial charge in [0.05, 0.1) is 0 Å². The molecule has 0 amide bonds. The van der Waals surface area contributed by atoms with Gasteiger partial charge in [-0.3, -0.25) is 0 Å². The average Bonchev–Trinajstić information content (AvgIpc) is 3.21. The summed E-state index contributed by atoms with van der Waals surface area (Å²) >= 11 is 0. The summed E-state index contributed by atoms with van der Waals surface area (Å²) in [6.07, 6.45) is 8.22. The molecule has 0 atom stereocenters. The maximum absolute atomic E-state index is 3.72. The highest BCUT2D eigenvalue weighted by Gasteiger charge is 2.33. The van der Waals surface area contributed by atoms with Gasteiger partial charge in [-0.25, -0.2) is 0 Å². The molecule has 0 aliphatic heterocycles. The van der Waals surface area contributed by atoms with Crippen molar-refractivity contribution in [3.8, 4) is 11.1 Å². The molecule has 4 rings (SSSR count). The van der Waals surface area contributed by atoms with Crippen LogP contribution >= 0.6 is 0 Å². The lowest BCUT2D eigenvalue weighted by molar-refractivity contribution is 0.589. The quantitative estimate of drug-likeness (QED) is 0.469. The van der Waals surface area contributed by atoms with Crippen LogP contribution in [0.3, 0.4) is 0 Å². The van der Waals surface area contributed by atoms with E-state index in [1.165, 1.54) is 50.1 Å². The Morgan fingerprint density at radius 3 is 1.59 bits per heavy atom. The second-order valence-corrected chi connectivity index (χ2v) is 10.9. The van der Waals surface area contributed by atoms with E-state index in [0.717, 1.165) is 0 Å². The van der Waals surface area contributed by atoms with Gasteiger partial charge in [-0.15, -0.1) is 0 Å². The molecule has 0 saturated carbocycles. The number of allylic oxidation sites excluding steroid dienone is 6. The molecule has 0 spiro atoms. The van der Waals surface area contributed by atoms with E-state index in [-0.39, 0.29) is 16.7 Å². The van der Waals surface area contributed by atoms with Gasteiger partial charge in [0.15, 0.2) is 0 Å². The van der Waals surface area contributed by atoms with E-state index >= 15 is 0 Å². The molecule has 2 aromatic rings. The highest BCUT2D eigenvalue weighted by molar-refractivity contribution is 5.82. The van der Waals surface area contributed by atoms with Crippen LogP contribution in [0.4, 0.5) is 0 Å². The van der Waals surface area contributed by atoms with Crippen molar-refractivity contribution in [3.63, 3.8) is 0 Å². The monoisotopic (exact) mass is 381 g/mol. The van der Waals surface area contributed by atoms with Gasteiger partial charge in [0.1, 0.15) is 0 Å². The Kier molecular flexibility index (Phi) is 4.53. The van der Waals surface area contributed by atoms with Gasteiger partial charge in [0.25, 0.3) is 0 Å². The largest absolute Gasteiger partial charge is 0.0686 e. The van der Waals surface area contributed by atoms with E-state index in [2.05, 4.69) is 110 Å². The van der Waals surface area contributed by atoms with Crippen molar-refractivity contribution in [2.24, 2.45) is 0 Å². The molecule has 0 heteroatoms. The molecule has 149 valence electrons. The lowest BCUT2D eigenvalue weighted by atomic mass is 9.81. The highest BCUT2D eigenvalue weighted by atomic mass is 14.4. The number of hydrogen-bond donors (Lipinski definition) is 0. The van der Waals surface area contributed by atoms with Crippen LogP contribution in [-0.4, -0.2) is 0 Å². The Morgan fingerprint density at radius 2 is 1.21 bits per heavy atom. The van der Waals surface area contributed by atoms with E-state index < -0.39 is 0 Å². The Morgan fingerprint density at radius 1 is 0.724 bits per heavy atom. The fourth-order valence-electron chi connectivity index (χ4n) is 4.40. The minimum absolute atomic E-state index is 0.138. The van der Waals surface area contributed by atoms with E-state index in [1.54, 1.807) is 0 Å². The lowest BCUT2D eigenvalue weighted by Gasteiger charge is -2.23. The van der Waals surface area contributed by atoms with Crippen LogP contribution in [0.5, 0.6) is 0 Å². The Labute approximate surface area is 177 Å². The Hall–Kier alpha value is -2.34. The highest BCUT2D eigenvalue weighted by Crippen LogP contribution is 2.51. The van der Waals surface area contributed by atoms with Crippen molar-refractivity contribution in [1.82, 2.24) is 0 Å². The standard InChI is InChI=1S/C29H33/c1-18(2)19-9-10-20(15-19)27-25-16-21(28(3,4)5)11-13-23(25)24-14-12-22(17-26(24)27)29(6,7)8/h9-14,16-17,27H,1-8H3. The fourth-order valence-corrected chi connectivity index (χ4v) is 4.40. The van der Waals surface area contributed by atoms with E-state index in [4.69, 9.17) is 0 Å². The Bertz CT molecular complexity index is 1000. The maximum Gasteiger partial charge on any atom is 0.0358 e. The minimum atomic E-state index is 0.138. The van der Waals surface area contributed by atoms with Gasteiger partial charge in [0.2, 0.25) is 0 Å². The molecule has 2 aliphatic rings. The van der Waals surface area contributed by atoms with Crippen LogP contribution in [0.25, 0.3) is 11.1 Å². The first-order chi connectivity index (χ1) is 13.5. The van der Waals surface area contributed by atoms with Crippen LogP contribution in [0.1, 0.15) is 83.6 Å². The molecule has 2 aliphatic carbocycles. The summed E-state index contributed by atoms with van der Waals surface area (Å²) in [5.74, 6) is 0.262. The number of hydrogen-bond acceptors (Lipinski definition) is 0. The molecule has 1 radical (unpaired) electrons. The third kappa shape index (κ3) is 3.44. The summed E-state index contributed by atoms with van der Waals surface area (Å²) in [7, 11) is 0. The van der Waals surface area contributed by atoms with Crippen LogP contribution < -0.4 is 0 Å². The summed E-state index contributed by atoms with van der Waals surface area (Å²) in [6, 6.07) is 14.2. The van der Waals surface area contributed by atoms with Gasteiger partial charge in [-0.05, 0) is 75.3 Å². The van der Waals surface area contributed by atoms with E-state index in [0.29, 0.717) is 0 Å². The maximum atomic E-state index is 3.72. The summed E-state index contributed by atoms with van der Waals surface area (Å²) < 4.78 is 0. The summed E-state index contributed by atoms with van der Waals surface area (Å²) in [5, 5.41) is 0. The second-order valence-electron chi connectivity index (χ2n) is 10.9. The third-order valence-corrected chi connectivity index (χ3v) is 6.31. The second kappa shape index (κ2) is 6.59. The molecule has 0 nitrogen and oxygen atoms in total. The number of benzene rings is 2. The number of fused-ring (bicyclic) bond motifs is 3.